The summed E-state index contributed by atoms with van der Waals surface area (Å²) in [7, 11) is 0. The van der Waals surface area contributed by atoms with E-state index < -0.39 is 5.97 Å². The second-order valence-corrected chi connectivity index (χ2v) is 4.52. The summed E-state index contributed by atoms with van der Waals surface area (Å²) in [5.41, 5.74) is -0.0871. The Morgan fingerprint density at radius 3 is 2.86 bits per heavy atom. The Bertz CT molecular complexity index is 518. The van der Waals surface area contributed by atoms with Gasteiger partial charge < -0.3 is 10.2 Å². The van der Waals surface area contributed by atoms with Crippen LogP contribution in [0.3, 0.4) is 0 Å². The summed E-state index contributed by atoms with van der Waals surface area (Å²) >= 11 is 4.57. The van der Waals surface area contributed by atoms with Gasteiger partial charge in [-0.2, -0.15) is 0 Å². The van der Waals surface area contributed by atoms with E-state index in [-0.39, 0.29) is 11.3 Å². The number of phenols is 1. The van der Waals surface area contributed by atoms with Crippen LogP contribution in [0, 0.1) is 0 Å². The van der Waals surface area contributed by atoms with Gasteiger partial charge in [0.1, 0.15) is 11.3 Å². The van der Waals surface area contributed by atoms with E-state index in [1.807, 2.05) is 5.38 Å². The third kappa shape index (κ3) is 1.29. The van der Waals surface area contributed by atoms with Crippen LogP contribution >= 0.6 is 27.3 Å². The molecule has 0 fully saturated rings. The maximum absolute atomic E-state index is 10.8. The number of halogens is 1. The summed E-state index contributed by atoms with van der Waals surface area (Å²) in [6, 6.07) is 3.40. The van der Waals surface area contributed by atoms with Crippen LogP contribution in [-0.4, -0.2) is 16.2 Å². The molecule has 14 heavy (non-hydrogen) atoms. The van der Waals surface area contributed by atoms with Gasteiger partial charge in [-0.3, -0.25) is 0 Å². The van der Waals surface area contributed by atoms with Gasteiger partial charge in [-0.05, 0) is 33.4 Å². The normalized spacial score (nSPS) is 10.6. The Balaban J connectivity index is 2.89. The number of hydrogen-bond donors (Lipinski definition) is 2. The molecule has 0 saturated carbocycles. The first kappa shape index (κ1) is 9.48. The van der Waals surface area contributed by atoms with Crippen LogP contribution in [-0.2, 0) is 0 Å². The monoisotopic (exact) mass is 272 g/mol. The lowest BCUT2D eigenvalue weighted by Gasteiger charge is -2.03. The molecule has 0 unspecified atom stereocenters. The van der Waals surface area contributed by atoms with E-state index >= 15 is 0 Å². The van der Waals surface area contributed by atoms with E-state index in [0.717, 1.165) is 4.70 Å². The number of thiophene rings is 1. The number of fused-ring (bicyclic) bond motifs is 1. The van der Waals surface area contributed by atoms with Crippen LogP contribution in [0.4, 0.5) is 0 Å². The van der Waals surface area contributed by atoms with E-state index in [0.29, 0.717) is 9.86 Å². The lowest BCUT2D eigenvalue weighted by Crippen LogP contribution is -1.98. The molecule has 0 aliphatic heterocycles. The van der Waals surface area contributed by atoms with Crippen LogP contribution in [0.1, 0.15) is 10.4 Å². The summed E-state index contributed by atoms with van der Waals surface area (Å²) in [5, 5.41) is 20.9. The van der Waals surface area contributed by atoms with Crippen molar-refractivity contribution in [3.63, 3.8) is 0 Å². The van der Waals surface area contributed by atoms with Gasteiger partial charge in [0.2, 0.25) is 0 Å². The molecule has 1 aromatic carbocycles. The molecule has 72 valence electrons. The Labute approximate surface area is 91.7 Å². The number of rotatable bonds is 1. The summed E-state index contributed by atoms with van der Waals surface area (Å²) < 4.78 is 1.26. The number of carboxylic acids is 1. The average Bonchev–Trinajstić information content (AvgIpc) is 2.50. The minimum absolute atomic E-state index is 0.0871. The fraction of sp³-hybridized carbons (Fsp3) is 0. The minimum Gasteiger partial charge on any atom is -0.506 e. The molecule has 2 rings (SSSR count). The van der Waals surface area contributed by atoms with Crippen LogP contribution in [0.15, 0.2) is 22.0 Å². The molecule has 0 amide bonds. The smallest absolute Gasteiger partial charge is 0.340 e. The second-order valence-electron chi connectivity index (χ2n) is 2.72. The molecule has 0 atom stereocenters. The van der Waals surface area contributed by atoms with Crippen molar-refractivity contribution in [2.75, 3.05) is 0 Å². The van der Waals surface area contributed by atoms with Crippen molar-refractivity contribution in [3.8, 4) is 5.75 Å². The maximum Gasteiger partial charge on any atom is 0.340 e. The molecule has 1 aromatic heterocycles. The Hall–Kier alpha value is -1.07. The maximum atomic E-state index is 10.8. The van der Waals surface area contributed by atoms with Crippen LogP contribution in [0.2, 0.25) is 0 Å². The highest BCUT2D eigenvalue weighted by Crippen LogP contribution is 2.37. The molecule has 0 saturated heterocycles. The average molecular weight is 273 g/mol. The van der Waals surface area contributed by atoms with Crippen molar-refractivity contribution in [1.82, 2.24) is 0 Å². The fourth-order valence-electron chi connectivity index (χ4n) is 1.27. The molecule has 3 nitrogen and oxygen atoms in total. The van der Waals surface area contributed by atoms with Crippen molar-refractivity contribution in [3.05, 3.63) is 27.5 Å². The van der Waals surface area contributed by atoms with Crippen molar-refractivity contribution in [2.24, 2.45) is 0 Å². The highest BCUT2D eigenvalue weighted by Gasteiger charge is 2.17. The van der Waals surface area contributed by atoms with E-state index in [2.05, 4.69) is 15.9 Å². The third-order valence-electron chi connectivity index (χ3n) is 1.90. The van der Waals surface area contributed by atoms with Crippen LogP contribution in [0.5, 0.6) is 5.75 Å². The van der Waals surface area contributed by atoms with Crippen molar-refractivity contribution >= 4 is 43.3 Å². The van der Waals surface area contributed by atoms with E-state index in [9.17, 15) is 9.90 Å². The molecule has 5 heteroatoms. The van der Waals surface area contributed by atoms with Gasteiger partial charge in [0.15, 0.2) is 0 Å². The number of aromatic hydroxyl groups is 1. The summed E-state index contributed by atoms with van der Waals surface area (Å²) in [6.45, 7) is 0. The second kappa shape index (κ2) is 3.25. The summed E-state index contributed by atoms with van der Waals surface area (Å²) in [5.74, 6) is -1.31. The predicted octanol–water partition coefficient (Wildman–Crippen LogP) is 3.07. The molecule has 1 heterocycles. The molecule has 0 bridgehead atoms. The first-order valence-electron chi connectivity index (χ1n) is 3.73. The van der Waals surface area contributed by atoms with E-state index in [1.165, 1.54) is 11.3 Å². The van der Waals surface area contributed by atoms with Crippen LogP contribution in [0.25, 0.3) is 10.1 Å². The number of hydrogen-bond acceptors (Lipinski definition) is 3. The van der Waals surface area contributed by atoms with E-state index in [4.69, 9.17) is 5.11 Å². The standard InChI is InChI=1S/C9H5BrO3S/c10-5-3-6-4(1-2-14-6)8(11)7(5)9(12)13/h1-3,11H,(H,12,13). The van der Waals surface area contributed by atoms with Crippen molar-refractivity contribution < 1.29 is 15.0 Å². The zero-order chi connectivity index (χ0) is 10.3. The zero-order valence-corrected chi connectivity index (χ0v) is 9.22. The van der Waals surface area contributed by atoms with Gasteiger partial charge in [-0.25, -0.2) is 4.79 Å². The molecular formula is C9H5BrO3S. The lowest BCUT2D eigenvalue weighted by molar-refractivity contribution is 0.0693. The SMILES string of the molecule is O=C(O)c1c(Br)cc2sccc2c1O. The number of aromatic carboxylic acids is 1. The van der Waals surface area contributed by atoms with Gasteiger partial charge in [0.25, 0.3) is 0 Å². The first-order chi connectivity index (χ1) is 6.61. The first-order valence-corrected chi connectivity index (χ1v) is 5.40. The zero-order valence-electron chi connectivity index (χ0n) is 6.82. The molecule has 0 aliphatic rings. The van der Waals surface area contributed by atoms with Crippen molar-refractivity contribution in [1.29, 1.82) is 0 Å². The lowest BCUT2D eigenvalue weighted by atomic mass is 10.1. The Kier molecular flexibility index (Phi) is 2.20. The number of benzene rings is 1. The quantitative estimate of drug-likeness (QED) is 0.839. The molecule has 0 aliphatic carbocycles. The van der Waals surface area contributed by atoms with Gasteiger partial charge >= 0.3 is 5.97 Å². The fourth-order valence-corrected chi connectivity index (χ4v) is 2.83. The Morgan fingerprint density at radius 1 is 1.50 bits per heavy atom. The highest BCUT2D eigenvalue weighted by molar-refractivity contribution is 9.10. The molecule has 0 radical (unpaired) electrons. The van der Waals surface area contributed by atoms with Crippen LogP contribution < -0.4 is 0 Å². The minimum atomic E-state index is -1.14. The largest absolute Gasteiger partial charge is 0.506 e. The molecular weight excluding hydrogens is 268 g/mol. The van der Waals surface area contributed by atoms with Gasteiger partial charge in [0, 0.05) is 14.6 Å². The molecule has 2 aromatic rings. The highest BCUT2D eigenvalue weighted by atomic mass is 79.9. The van der Waals surface area contributed by atoms with E-state index in [1.54, 1.807) is 12.1 Å². The third-order valence-corrected chi connectivity index (χ3v) is 3.39. The Morgan fingerprint density at radius 2 is 2.21 bits per heavy atom. The van der Waals surface area contributed by atoms with Crippen molar-refractivity contribution in [2.45, 2.75) is 0 Å². The summed E-state index contributed by atoms with van der Waals surface area (Å²) in [4.78, 5) is 10.8. The molecule has 2 N–H and O–H groups in total. The topological polar surface area (TPSA) is 57.5 Å². The van der Waals surface area contributed by atoms with Gasteiger partial charge in [-0.1, -0.05) is 0 Å². The number of carboxylic acid groups (broad SMARTS) is 1. The number of carbonyl (C=O) groups is 1. The predicted molar refractivity (Wildman–Crippen MR) is 58.1 cm³/mol. The van der Waals surface area contributed by atoms with Gasteiger partial charge in [0.05, 0.1) is 0 Å². The summed E-state index contributed by atoms with van der Waals surface area (Å²) in [6.07, 6.45) is 0. The van der Waals surface area contributed by atoms with Gasteiger partial charge in [-0.15, -0.1) is 11.3 Å². The molecule has 0 spiro atoms.